The number of nitrogens with one attached hydrogen (secondary N) is 1. The van der Waals surface area contributed by atoms with Crippen LogP contribution in [0.5, 0.6) is 5.75 Å². The molecule has 0 aliphatic rings. The number of hydrogen-bond acceptors (Lipinski definition) is 6. The summed E-state index contributed by atoms with van der Waals surface area (Å²) in [5, 5.41) is 7.34. The fourth-order valence-electron chi connectivity index (χ4n) is 1.84. The molecule has 0 aliphatic heterocycles. The lowest BCUT2D eigenvalue weighted by atomic mass is 10.1. The number of nitrogens with zero attached hydrogens (tertiary/aromatic N) is 3. The van der Waals surface area contributed by atoms with Crippen molar-refractivity contribution < 1.29 is 4.74 Å². The van der Waals surface area contributed by atoms with E-state index in [1.807, 2.05) is 26.2 Å². The van der Waals surface area contributed by atoms with Crippen LogP contribution in [-0.4, -0.2) is 28.2 Å². The second-order valence-electron chi connectivity index (χ2n) is 4.25. The van der Waals surface area contributed by atoms with Gasteiger partial charge in [0.05, 0.1) is 29.4 Å². The molecular formula is C13H18N4OS. The molecule has 6 heteroatoms. The number of aryl methyl sites for hydroxylation is 1. The quantitative estimate of drug-likeness (QED) is 0.879. The van der Waals surface area contributed by atoms with E-state index in [0.717, 1.165) is 28.3 Å². The van der Waals surface area contributed by atoms with Gasteiger partial charge in [-0.25, -0.2) is 0 Å². The van der Waals surface area contributed by atoms with Gasteiger partial charge >= 0.3 is 0 Å². The van der Waals surface area contributed by atoms with E-state index in [9.17, 15) is 0 Å². The van der Waals surface area contributed by atoms with Crippen LogP contribution in [0.25, 0.3) is 0 Å². The molecule has 0 amide bonds. The third-order valence-electron chi connectivity index (χ3n) is 2.78. The van der Waals surface area contributed by atoms with Gasteiger partial charge in [-0.05, 0) is 43.6 Å². The highest BCUT2D eigenvalue weighted by Crippen LogP contribution is 2.27. The number of rotatable bonds is 6. The van der Waals surface area contributed by atoms with Crippen LogP contribution in [0.1, 0.15) is 35.5 Å². The van der Waals surface area contributed by atoms with E-state index in [4.69, 9.17) is 4.74 Å². The minimum absolute atomic E-state index is 0.0534. The van der Waals surface area contributed by atoms with Gasteiger partial charge in [0, 0.05) is 6.20 Å². The second kappa shape index (κ2) is 6.58. The summed E-state index contributed by atoms with van der Waals surface area (Å²) in [7, 11) is 1.92. The summed E-state index contributed by atoms with van der Waals surface area (Å²) >= 11 is 1.41. The average molecular weight is 278 g/mol. The maximum atomic E-state index is 5.62. The molecule has 0 radical (unpaired) electrons. The highest BCUT2D eigenvalue weighted by atomic mass is 32.1. The Morgan fingerprint density at radius 2 is 2.26 bits per heavy atom. The normalized spacial score (nSPS) is 12.4. The molecule has 1 unspecified atom stereocenters. The molecule has 1 atom stereocenters. The van der Waals surface area contributed by atoms with E-state index in [-0.39, 0.29) is 6.04 Å². The zero-order chi connectivity index (χ0) is 13.7. The van der Waals surface area contributed by atoms with E-state index >= 15 is 0 Å². The molecule has 2 aromatic rings. The van der Waals surface area contributed by atoms with Crippen molar-refractivity contribution in [2.24, 2.45) is 0 Å². The van der Waals surface area contributed by atoms with Gasteiger partial charge in [-0.15, -0.1) is 5.10 Å². The first kappa shape index (κ1) is 13.9. The van der Waals surface area contributed by atoms with Gasteiger partial charge in [0.2, 0.25) is 0 Å². The van der Waals surface area contributed by atoms with Crippen molar-refractivity contribution in [3.63, 3.8) is 0 Å². The van der Waals surface area contributed by atoms with E-state index in [0.29, 0.717) is 6.61 Å². The number of ether oxygens (including phenoxy) is 1. The Balaban J connectivity index is 2.26. The van der Waals surface area contributed by atoms with Crippen molar-refractivity contribution in [3.8, 4) is 5.75 Å². The van der Waals surface area contributed by atoms with Gasteiger partial charge in [-0.2, -0.15) is 0 Å². The van der Waals surface area contributed by atoms with Gasteiger partial charge in [0.25, 0.3) is 0 Å². The zero-order valence-corrected chi connectivity index (χ0v) is 12.2. The highest BCUT2D eigenvalue weighted by Gasteiger charge is 2.18. The molecule has 5 nitrogen and oxygen atoms in total. The molecule has 2 aromatic heterocycles. The molecule has 0 saturated heterocycles. The molecule has 2 rings (SSSR count). The number of aromatic nitrogens is 3. The molecule has 0 aromatic carbocycles. The molecule has 19 heavy (non-hydrogen) atoms. The summed E-state index contributed by atoms with van der Waals surface area (Å²) in [5.41, 5.74) is 2.01. The molecule has 0 fully saturated rings. The van der Waals surface area contributed by atoms with Crippen LogP contribution in [0.15, 0.2) is 18.5 Å². The van der Waals surface area contributed by atoms with Crippen LogP contribution < -0.4 is 10.1 Å². The Kier molecular flexibility index (Phi) is 4.81. The van der Waals surface area contributed by atoms with Crippen LogP contribution in [0.3, 0.4) is 0 Å². The fraction of sp³-hybridized carbons (Fsp3) is 0.462. The van der Waals surface area contributed by atoms with Gasteiger partial charge in [0.1, 0.15) is 5.75 Å². The molecule has 0 spiro atoms. The minimum Gasteiger partial charge on any atom is -0.492 e. The molecule has 1 N–H and O–H groups in total. The van der Waals surface area contributed by atoms with Crippen molar-refractivity contribution in [3.05, 3.63) is 34.6 Å². The first-order valence-electron chi connectivity index (χ1n) is 6.30. The van der Waals surface area contributed by atoms with E-state index in [1.165, 1.54) is 11.5 Å². The molecular weight excluding hydrogens is 260 g/mol. The van der Waals surface area contributed by atoms with Crippen LogP contribution in [-0.2, 0) is 0 Å². The van der Waals surface area contributed by atoms with Crippen LogP contribution in [0, 0.1) is 6.92 Å². The first-order chi connectivity index (χ1) is 9.26. The fourth-order valence-corrected chi connectivity index (χ4v) is 2.63. The number of pyridine rings is 1. The molecule has 0 saturated carbocycles. The summed E-state index contributed by atoms with van der Waals surface area (Å²) in [6, 6.07) is 2.07. The summed E-state index contributed by atoms with van der Waals surface area (Å²) < 4.78 is 9.61. The lowest BCUT2D eigenvalue weighted by molar-refractivity contribution is 0.315. The number of hydrogen-bond donors (Lipinski definition) is 1. The Hall–Kier alpha value is -1.53. The summed E-state index contributed by atoms with van der Waals surface area (Å²) in [5.74, 6) is 0.801. The largest absolute Gasteiger partial charge is 0.492 e. The first-order valence-corrected chi connectivity index (χ1v) is 7.07. The lowest BCUT2D eigenvalue weighted by Crippen LogP contribution is -2.17. The summed E-state index contributed by atoms with van der Waals surface area (Å²) in [4.78, 5) is 5.35. The maximum Gasteiger partial charge on any atom is 0.137 e. The summed E-state index contributed by atoms with van der Waals surface area (Å²) in [6.45, 7) is 4.75. The third kappa shape index (κ3) is 3.27. The minimum atomic E-state index is 0.0534. The van der Waals surface area contributed by atoms with Crippen molar-refractivity contribution in [1.29, 1.82) is 0 Å². The van der Waals surface area contributed by atoms with Gasteiger partial charge in [0.15, 0.2) is 0 Å². The molecule has 102 valence electrons. The topological polar surface area (TPSA) is 59.9 Å². The third-order valence-corrected chi connectivity index (χ3v) is 3.67. The smallest absolute Gasteiger partial charge is 0.137 e. The van der Waals surface area contributed by atoms with Crippen LogP contribution in [0.4, 0.5) is 0 Å². The van der Waals surface area contributed by atoms with Crippen molar-refractivity contribution >= 4 is 11.5 Å². The Labute approximate surface area is 117 Å². The van der Waals surface area contributed by atoms with Gasteiger partial charge in [-0.1, -0.05) is 11.4 Å². The Morgan fingerprint density at radius 3 is 2.89 bits per heavy atom. The zero-order valence-electron chi connectivity index (χ0n) is 11.4. The lowest BCUT2D eigenvalue weighted by Gasteiger charge is -2.15. The van der Waals surface area contributed by atoms with Gasteiger partial charge in [-0.3, -0.25) is 4.98 Å². The Morgan fingerprint density at radius 1 is 1.42 bits per heavy atom. The van der Waals surface area contributed by atoms with E-state index in [1.54, 1.807) is 6.20 Å². The van der Waals surface area contributed by atoms with Crippen LogP contribution >= 0.6 is 11.5 Å². The average Bonchev–Trinajstić information content (AvgIpc) is 2.84. The molecule has 0 aliphatic carbocycles. The second-order valence-corrected chi connectivity index (χ2v) is 5.03. The van der Waals surface area contributed by atoms with Gasteiger partial charge < -0.3 is 10.1 Å². The van der Waals surface area contributed by atoms with Crippen molar-refractivity contribution in [1.82, 2.24) is 19.9 Å². The summed E-state index contributed by atoms with van der Waals surface area (Å²) in [6.07, 6.45) is 4.57. The predicted octanol–water partition coefficient (Wildman–Crippen LogP) is 2.34. The molecule has 0 bridgehead atoms. The van der Waals surface area contributed by atoms with E-state index < -0.39 is 0 Å². The Bertz CT molecular complexity index is 529. The van der Waals surface area contributed by atoms with E-state index in [2.05, 4.69) is 26.8 Å². The standard InChI is InChI=1S/C13H18N4OS/c1-4-5-18-11-6-10(7-15-8-11)12(14-3)13-9(2)16-17-19-13/h6-8,12,14H,4-5H2,1-3H3. The predicted molar refractivity (Wildman–Crippen MR) is 75.6 cm³/mol. The maximum absolute atomic E-state index is 5.62. The van der Waals surface area contributed by atoms with Crippen molar-refractivity contribution in [2.75, 3.05) is 13.7 Å². The SMILES string of the molecule is CCCOc1cncc(C(NC)c2snnc2C)c1. The monoisotopic (exact) mass is 278 g/mol. The van der Waals surface area contributed by atoms with Crippen LogP contribution in [0.2, 0.25) is 0 Å². The molecule has 2 heterocycles. The van der Waals surface area contributed by atoms with Crippen molar-refractivity contribution in [2.45, 2.75) is 26.3 Å². The highest BCUT2D eigenvalue weighted by molar-refractivity contribution is 7.05.